The number of methoxy groups -OCH3 is 1. The number of aliphatic hydroxyl groups is 1. The van der Waals surface area contributed by atoms with E-state index >= 15 is 0 Å². The molecule has 0 aliphatic rings. The van der Waals surface area contributed by atoms with Crippen LogP contribution in [0.1, 0.15) is 10.4 Å². The first-order valence-corrected chi connectivity index (χ1v) is 5.51. The topological polar surface area (TPSA) is 49.8 Å². The molecule has 0 radical (unpaired) electrons. The van der Waals surface area contributed by atoms with Gasteiger partial charge in [0.1, 0.15) is 0 Å². The number of halogens is 3. The third-order valence-corrected chi connectivity index (χ3v) is 2.41. The maximum atomic E-state index is 13.2. The average Bonchev–Trinajstić information content (AvgIpc) is 2.37. The first-order chi connectivity index (χ1) is 8.99. The van der Waals surface area contributed by atoms with E-state index in [9.17, 15) is 18.0 Å². The molecule has 4 nitrogen and oxygen atoms in total. The first kappa shape index (κ1) is 15.3. The maximum Gasteiger partial charge on any atom is 0.255 e. The van der Waals surface area contributed by atoms with Crippen LogP contribution in [0, 0.1) is 5.82 Å². The van der Waals surface area contributed by atoms with Crippen LogP contribution >= 0.6 is 0 Å². The molecule has 7 heteroatoms. The molecule has 0 heterocycles. The van der Waals surface area contributed by atoms with Crippen molar-refractivity contribution < 1.29 is 27.8 Å². The number of carbonyl (C=O) groups is 1. The molecule has 0 aliphatic carbocycles. The Bertz CT molecular complexity index is 440. The third kappa shape index (κ3) is 4.13. The fourth-order valence-corrected chi connectivity index (χ4v) is 1.54. The van der Waals surface area contributed by atoms with Crippen LogP contribution < -0.4 is 4.74 Å². The minimum absolute atomic E-state index is 0.0207. The number of rotatable bonds is 6. The molecule has 0 saturated heterocycles. The highest BCUT2D eigenvalue weighted by atomic mass is 19.3. The van der Waals surface area contributed by atoms with Gasteiger partial charge in [-0.2, -0.15) is 0 Å². The summed E-state index contributed by atoms with van der Waals surface area (Å²) in [5, 5.41) is 8.77. The van der Waals surface area contributed by atoms with E-state index in [1.807, 2.05) is 0 Å². The molecule has 1 N–H and O–H groups in total. The molecule has 1 aromatic carbocycles. The third-order valence-electron chi connectivity index (χ3n) is 2.41. The van der Waals surface area contributed by atoms with Crippen molar-refractivity contribution in [3.8, 4) is 5.75 Å². The van der Waals surface area contributed by atoms with Crippen LogP contribution in [0.5, 0.6) is 5.75 Å². The molecule has 0 fully saturated rings. The number of benzene rings is 1. The molecule has 106 valence electrons. The molecule has 0 atom stereocenters. The van der Waals surface area contributed by atoms with Gasteiger partial charge in [0.05, 0.1) is 20.3 Å². The van der Waals surface area contributed by atoms with E-state index in [4.69, 9.17) is 9.84 Å². The average molecular weight is 277 g/mol. The van der Waals surface area contributed by atoms with Crippen molar-refractivity contribution in [2.24, 2.45) is 0 Å². The number of hydrogen-bond acceptors (Lipinski definition) is 3. The molecule has 1 rings (SSSR count). The van der Waals surface area contributed by atoms with Gasteiger partial charge in [-0.3, -0.25) is 4.79 Å². The Morgan fingerprint density at radius 3 is 2.68 bits per heavy atom. The van der Waals surface area contributed by atoms with Crippen LogP contribution in [0.15, 0.2) is 18.2 Å². The highest BCUT2D eigenvalue weighted by molar-refractivity contribution is 5.94. The van der Waals surface area contributed by atoms with Gasteiger partial charge in [-0.05, 0) is 18.2 Å². The lowest BCUT2D eigenvalue weighted by Gasteiger charge is -2.21. The van der Waals surface area contributed by atoms with Gasteiger partial charge >= 0.3 is 0 Å². The molecule has 0 aliphatic heterocycles. The number of aliphatic hydroxyl groups excluding tert-OH is 1. The summed E-state index contributed by atoms with van der Waals surface area (Å²) in [6.07, 6.45) is -2.71. The molecule has 0 bridgehead atoms. The predicted molar refractivity (Wildman–Crippen MR) is 61.9 cm³/mol. The summed E-state index contributed by atoms with van der Waals surface area (Å²) in [5.74, 6) is -1.51. The van der Waals surface area contributed by atoms with Gasteiger partial charge in [0.2, 0.25) is 0 Å². The smallest absolute Gasteiger partial charge is 0.255 e. The summed E-state index contributed by atoms with van der Waals surface area (Å²) in [6, 6.07) is 3.33. The predicted octanol–water partition coefficient (Wildman–Crippen LogP) is 1.53. The second-order valence-electron chi connectivity index (χ2n) is 3.72. The number of nitrogens with zero attached hydrogens (tertiary/aromatic N) is 1. The first-order valence-electron chi connectivity index (χ1n) is 5.51. The summed E-state index contributed by atoms with van der Waals surface area (Å²) < 4.78 is 42.6. The molecule has 1 aromatic rings. The second kappa shape index (κ2) is 6.98. The van der Waals surface area contributed by atoms with Crippen molar-refractivity contribution >= 4 is 5.91 Å². The van der Waals surface area contributed by atoms with Gasteiger partial charge in [0.15, 0.2) is 11.6 Å². The summed E-state index contributed by atoms with van der Waals surface area (Å²) in [5.41, 5.74) is 0.0207. The van der Waals surface area contributed by atoms with Crippen molar-refractivity contribution in [2.45, 2.75) is 6.43 Å². The highest BCUT2D eigenvalue weighted by Crippen LogP contribution is 2.19. The van der Waals surface area contributed by atoms with Crippen molar-refractivity contribution in [3.63, 3.8) is 0 Å². The van der Waals surface area contributed by atoms with E-state index < -0.39 is 31.3 Å². The lowest BCUT2D eigenvalue weighted by Crippen LogP contribution is -2.37. The van der Waals surface area contributed by atoms with Crippen molar-refractivity contribution in [3.05, 3.63) is 29.6 Å². The molecule has 0 aromatic heterocycles. The summed E-state index contributed by atoms with van der Waals surface area (Å²) in [6.45, 7) is -1.45. The number of amides is 1. The minimum Gasteiger partial charge on any atom is -0.494 e. The van der Waals surface area contributed by atoms with E-state index in [0.717, 1.165) is 17.0 Å². The quantitative estimate of drug-likeness (QED) is 0.858. The Hall–Kier alpha value is -1.76. The Balaban J connectivity index is 2.95. The maximum absolute atomic E-state index is 13.2. The van der Waals surface area contributed by atoms with Gasteiger partial charge in [-0.1, -0.05) is 0 Å². The Morgan fingerprint density at radius 2 is 2.16 bits per heavy atom. The zero-order valence-electron chi connectivity index (χ0n) is 10.3. The summed E-state index contributed by atoms with van der Waals surface area (Å²) in [4.78, 5) is 12.8. The van der Waals surface area contributed by atoms with Gasteiger partial charge in [-0.25, -0.2) is 13.2 Å². The minimum atomic E-state index is -2.71. The van der Waals surface area contributed by atoms with Gasteiger partial charge in [-0.15, -0.1) is 0 Å². The van der Waals surface area contributed by atoms with Crippen LogP contribution in [0.25, 0.3) is 0 Å². The van der Waals surface area contributed by atoms with Crippen molar-refractivity contribution in [2.75, 3.05) is 26.8 Å². The van der Waals surface area contributed by atoms with Crippen LogP contribution in [-0.2, 0) is 0 Å². The lowest BCUT2D eigenvalue weighted by atomic mass is 10.1. The van der Waals surface area contributed by atoms with E-state index in [-0.39, 0.29) is 17.9 Å². The van der Waals surface area contributed by atoms with E-state index in [1.165, 1.54) is 13.2 Å². The summed E-state index contributed by atoms with van der Waals surface area (Å²) in [7, 11) is 1.23. The SMILES string of the molecule is COc1cc(C(=O)N(CCO)CC(F)F)ccc1F. The fraction of sp³-hybridized carbons (Fsp3) is 0.417. The lowest BCUT2D eigenvalue weighted by molar-refractivity contribution is 0.0509. The number of carbonyl (C=O) groups excluding carboxylic acids is 1. The van der Waals surface area contributed by atoms with Crippen LogP contribution in [0.3, 0.4) is 0 Å². The molecule has 0 unspecified atom stereocenters. The zero-order valence-corrected chi connectivity index (χ0v) is 10.3. The normalized spacial score (nSPS) is 10.6. The zero-order chi connectivity index (χ0) is 14.4. The Morgan fingerprint density at radius 1 is 1.47 bits per heavy atom. The number of hydrogen-bond donors (Lipinski definition) is 1. The number of ether oxygens (including phenoxy) is 1. The Kier molecular flexibility index (Phi) is 5.62. The van der Waals surface area contributed by atoms with Gasteiger partial charge in [0, 0.05) is 12.1 Å². The van der Waals surface area contributed by atoms with Crippen LogP contribution in [0.2, 0.25) is 0 Å². The fourth-order valence-electron chi connectivity index (χ4n) is 1.54. The summed E-state index contributed by atoms with van der Waals surface area (Å²) >= 11 is 0. The molecular weight excluding hydrogens is 263 g/mol. The molecular formula is C12H14F3NO3. The largest absolute Gasteiger partial charge is 0.494 e. The standard InChI is InChI=1S/C12H14F3NO3/c1-19-10-6-8(2-3-9(10)13)12(18)16(4-5-17)7-11(14)15/h2-3,6,11,17H,4-5,7H2,1H3. The monoisotopic (exact) mass is 277 g/mol. The van der Waals surface area contributed by atoms with Gasteiger partial charge in [0.25, 0.3) is 12.3 Å². The van der Waals surface area contributed by atoms with Crippen molar-refractivity contribution in [1.29, 1.82) is 0 Å². The van der Waals surface area contributed by atoms with Crippen LogP contribution in [0.4, 0.5) is 13.2 Å². The van der Waals surface area contributed by atoms with Crippen molar-refractivity contribution in [1.82, 2.24) is 4.90 Å². The molecule has 19 heavy (non-hydrogen) atoms. The van der Waals surface area contributed by atoms with E-state index in [2.05, 4.69) is 0 Å². The molecule has 1 amide bonds. The Labute approximate surface area is 108 Å². The number of alkyl halides is 2. The highest BCUT2D eigenvalue weighted by Gasteiger charge is 2.20. The van der Waals surface area contributed by atoms with E-state index in [0.29, 0.717) is 0 Å². The van der Waals surface area contributed by atoms with Gasteiger partial charge < -0.3 is 14.7 Å². The van der Waals surface area contributed by atoms with E-state index in [1.54, 1.807) is 0 Å². The molecule has 0 saturated carbocycles. The molecule has 0 spiro atoms. The van der Waals surface area contributed by atoms with Crippen LogP contribution in [-0.4, -0.2) is 49.1 Å². The second-order valence-corrected chi connectivity index (χ2v) is 3.72.